The zero-order chi connectivity index (χ0) is 14.4. The predicted octanol–water partition coefficient (Wildman–Crippen LogP) is 1.46. The second-order valence-corrected chi connectivity index (χ2v) is 4.14. The maximum Gasteiger partial charge on any atom is 0.335 e. The Hall–Kier alpha value is -2.08. The van der Waals surface area contributed by atoms with Crippen LogP contribution in [0.5, 0.6) is 5.75 Å². The Morgan fingerprint density at radius 1 is 1.47 bits per heavy atom. The van der Waals surface area contributed by atoms with E-state index in [1.165, 1.54) is 25.3 Å². The molecule has 1 unspecified atom stereocenters. The van der Waals surface area contributed by atoms with Gasteiger partial charge in [-0.15, -0.1) is 0 Å². The smallest absolute Gasteiger partial charge is 0.335 e. The minimum Gasteiger partial charge on any atom is -0.495 e. The van der Waals surface area contributed by atoms with Gasteiger partial charge >= 0.3 is 5.97 Å². The quantitative estimate of drug-likeness (QED) is 0.723. The number of hydrogen-bond acceptors (Lipinski definition) is 4. The van der Waals surface area contributed by atoms with E-state index in [0.717, 1.165) is 0 Å². The van der Waals surface area contributed by atoms with Crippen molar-refractivity contribution in [1.29, 1.82) is 0 Å². The molecule has 0 aliphatic rings. The number of amides is 1. The minimum atomic E-state index is -1.07. The molecule has 0 bridgehead atoms. The molecule has 6 heteroatoms. The van der Waals surface area contributed by atoms with Crippen LogP contribution in [0.1, 0.15) is 30.1 Å². The zero-order valence-corrected chi connectivity index (χ0v) is 11.0. The highest BCUT2D eigenvalue weighted by atomic mass is 16.5. The van der Waals surface area contributed by atoms with Crippen molar-refractivity contribution in [3.8, 4) is 5.75 Å². The van der Waals surface area contributed by atoms with Crippen LogP contribution in [0.15, 0.2) is 18.2 Å². The Morgan fingerprint density at radius 2 is 2.16 bits per heavy atom. The zero-order valence-electron chi connectivity index (χ0n) is 11.0. The summed E-state index contributed by atoms with van der Waals surface area (Å²) >= 11 is 0. The van der Waals surface area contributed by atoms with E-state index in [4.69, 9.17) is 15.6 Å². The number of nitrogens with two attached hydrogens (primary N) is 1. The Bertz CT molecular complexity index is 474. The lowest BCUT2D eigenvalue weighted by Gasteiger charge is -2.12. The number of nitrogens with one attached hydrogen (secondary N) is 1. The third kappa shape index (κ3) is 4.26. The van der Waals surface area contributed by atoms with Crippen molar-refractivity contribution in [2.75, 3.05) is 12.4 Å². The number of carboxylic acids is 1. The average molecular weight is 266 g/mol. The third-order valence-electron chi connectivity index (χ3n) is 2.69. The van der Waals surface area contributed by atoms with E-state index in [1.54, 1.807) is 0 Å². The molecule has 1 atom stereocenters. The summed E-state index contributed by atoms with van der Waals surface area (Å²) < 4.78 is 5.07. The molecule has 1 aromatic rings. The van der Waals surface area contributed by atoms with Gasteiger partial charge in [0.25, 0.3) is 0 Å². The summed E-state index contributed by atoms with van der Waals surface area (Å²) in [5.41, 5.74) is 6.10. The lowest BCUT2D eigenvalue weighted by atomic mass is 10.1. The second-order valence-electron chi connectivity index (χ2n) is 4.14. The van der Waals surface area contributed by atoms with E-state index in [2.05, 4.69) is 5.32 Å². The first-order chi connectivity index (χ1) is 8.97. The summed E-state index contributed by atoms with van der Waals surface area (Å²) in [5, 5.41) is 11.5. The van der Waals surface area contributed by atoms with Crippen LogP contribution >= 0.6 is 0 Å². The molecule has 0 fully saturated rings. The van der Waals surface area contributed by atoms with Crippen LogP contribution in [0.2, 0.25) is 0 Å². The molecule has 19 heavy (non-hydrogen) atoms. The number of carboxylic acid groups (broad SMARTS) is 1. The molecule has 0 saturated heterocycles. The molecule has 104 valence electrons. The number of carbonyl (C=O) groups excluding carboxylic acids is 1. The van der Waals surface area contributed by atoms with Gasteiger partial charge in [-0.25, -0.2) is 4.79 Å². The van der Waals surface area contributed by atoms with Crippen LogP contribution in [0.4, 0.5) is 5.69 Å². The lowest BCUT2D eigenvalue weighted by molar-refractivity contribution is -0.116. The maximum absolute atomic E-state index is 11.7. The summed E-state index contributed by atoms with van der Waals surface area (Å²) in [5.74, 6) is -0.929. The van der Waals surface area contributed by atoms with Gasteiger partial charge in [0.15, 0.2) is 0 Å². The molecule has 0 radical (unpaired) electrons. The number of carbonyl (C=O) groups is 2. The number of hydrogen-bond donors (Lipinski definition) is 3. The number of aromatic carboxylic acids is 1. The molecule has 0 saturated carbocycles. The van der Waals surface area contributed by atoms with Crippen LogP contribution in [0.25, 0.3) is 0 Å². The van der Waals surface area contributed by atoms with Crippen LogP contribution in [-0.2, 0) is 4.79 Å². The lowest BCUT2D eigenvalue weighted by Crippen LogP contribution is -2.26. The van der Waals surface area contributed by atoms with Crippen molar-refractivity contribution in [3.63, 3.8) is 0 Å². The molecule has 0 heterocycles. The van der Waals surface area contributed by atoms with Gasteiger partial charge in [-0.3, -0.25) is 4.79 Å². The van der Waals surface area contributed by atoms with Gasteiger partial charge in [-0.05, 0) is 24.6 Å². The number of rotatable bonds is 6. The van der Waals surface area contributed by atoms with E-state index >= 15 is 0 Å². The fourth-order valence-electron chi connectivity index (χ4n) is 1.52. The average Bonchev–Trinajstić information content (AvgIpc) is 2.38. The molecule has 0 spiro atoms. The van der Waals surface area contributed by atoms with Crippen molar-refractivity contribution in [2.45, 2.75) is 25.8 Å². The second kappa shape index (κ2) is 6.75. The van der Waals surface area contributed by atoms with Crippen molar-refractivity contribution in [1.82, 2.24) is 0 Å². The van der Waals surface area contributed by atoms with E-state index < -0.39 is 5.97 Å². The molecule has 4 N–H and O–H groups in total. The SMILES string of the molecule is CCC(N)CC(=O)Nc1cc(C(=O)O)ccc1OC. The largest absolute Gasteiger partial charge is 0.495 e. The van der Waals surface area contributed by atoms with Crippen LogP contribution < -0.4 is 15.8 Å². The predicted molar refractivity (Wildman–Crippen MR) is 71.5 cm³/mol. The van der Waals surface area contributed by atoms with Gasteiger partial charge < -0.3 is 20.9 Å². The van der Waals surface area contributed by atoms with E-state index in [-0.39, 0.29) is 23.9 Å². The number of benzene rings is 1. The normalized spacial score (nSPS) is 11.7. The first-order valence-electron chi connectivity index (χ1n) is 5.94. The van der Waals surface area contributed by atoms with Gasteiger partial charge in [-0.1, -0.05) is 6.92 Å². The number of anilines is 1. The summed E-state index contributed by atoms with van der Waals surface area (Å²) in [4.78, 5) is 22.6. The van der Waals surface area contributed by atoms with Crippen molar-refractivity contribution >= 4 is 17.6 Å². The van der Waals surface area contributed by atoms with Gasteiger partial charge in [0.2, 0.25) is 5.91 Å². The first kappa shape index (κ1) is 15.0. The van der Waals surface area contributed by atoms with Gasteiger partial charge in [0.05, 0.1) is 18.4 Å². The van der Waals surface area contributed by atoms with Gasteiger partial charge in [0.1, 0.15) is 5.75 Å². The fraction of sp³-hybridized carbons (Fsp3) is 0.385. The van der Waals surface area contributed by atoms with Crippen molar-refractivity contribution in [3.05, 3.63) is 23.8 Å². The molecule has 1 aromatic carbocycles. The molecule has 1 rings (SSSR count). The molecule has 0 aliphatic carbocycles. The highest BCUT2D eigenvalue weighted by Crippen LogP contribution is 2.25. The Morgan fingerprint density at radius 3 is 2.68 bits per heavy atom. The van der Waals surface area contributed by atoms with Crippen LogP contribution in [0, 0.1) is 0 Å². The first-order valence-corrected chi connectivity index (χ1v) is 5.94. The van der Waals surface area contributed by atoms with Crippen molar-refractivity contribution < 1.29 is 19.4 Å². The third-order valence-corrected chi connectivity index (χ3v) is 2.69. The summed E-state index contributed by atoms with van der Waals surface area (Å²) in [6.07, 6.45) is 0.872. The Labute approximate surface area is 111 Å². The van der Waals surface area contributed by atoms with E-state index in [1.807, 2.05) is 6.92 Å². The highest BCUT2D eigenvalue weighted by Gasteiger charge is 2.13. The summed E-state index contributed by atoms with van der Waals surface area (Å²) in [6, 6.07) is 4.05. The van der Waals surface area contributed by atoms with E-state index in [9.17, 15) is 9.59 Å². The molecular weight excluding hydrogens is 248 g/mol. The standard InChI is InChI=1S/C13H18N2O4/c1-3-9(14)7-12(16)15-10-6-8(13(17)18)4-5-11(10)19-2/h4-6,9H,3,7,14H2,1-2H3,(H,15,16)(H,17,18). The number of methoxy groups -OCH3 is 1. The molecular formula is C13H18N2O4. The molecule has 6 nitrogen and oxygen atoms in total. The van der Waals surface area contributed by atoms with E-state index in [0.29, 0.717) is 17.9 Å². The molecule has 0 aromatic heterocycles. The van der Waals surface area contributed by atoms with Gasteiger partial charge in [-0.2, -0.15) is 0 Å². The topological polar surface area (TPSA) is 102 Å². The Kier molecular flexibility index (Phi) is 5.32. The summed E-state index contributed by atoms with van der Waals surface area (Å²) in [7, 11) is 1.45. The minimum absolute atomic E-state index is 0.0795. The number of ether oxygens (including phenoxy) is 1. The fourth-order valence-corrected chi connectivity index (χ4v) is 1.52. The molecule has 1 amide bonds. The highest BCUT2D eigenvalue weighted by molar-refractivity contribution is 5.95. The van der Waals surface area contributed by atoms with Crippen LogP contribution in [0.3, 0.4) is 0 Å². The molecule has 0 aliphatic heterocycles. The van der Waals surface area contributed by atoms with Gasteiger partial charge in [0, 0.05) is 12.5 Å². The maximum atomic E-state index is 11.7. The van der Waals surface area contributed by atoms with Crippen molar-refractivity contribution in [2.24, 2.45) is 5.73 Å². The summed E-state index contributed by atoms with van der Waals surface area (Å²) in [6.45, 7) is 1.89. The monoisotopic (exact) mass is 266 g/mol. The Balaban J connectivity index is 2.88. The van der Waals surface area contributed by atoms with Crippen LogP contribution in [-0.4, -0.2) is 30.1 Å².